The number of para-hydroxylation sites is 1. The number of aryl methyl sites for hydroxylation is 1. The van der Waals surface area contributed by atoms with Crippen LogP contribution in [0.2, 0.25) is 0 Å². The van der Waals surface area contributed by atoms with E-state index in [0.29, 0.717) is 17.7 Å². The van der Waals surface area contributed by atoms with E-state index in [1.165, 1.54) is 11.1 Å². The van der Waals surface area contributed by atoms with Gasteiger partial charge in [-0.15, -0.1) is 0 Å². The van der Waals surface area contributed by atoms with Crippen molar-refractivity contribution in [2.24, 2.45) is 0 Å². The van der Waals surface area contributed by atoms with Crippen molar-refractivity contribution < 1.29 is 9.59 Å². The van der Waals surface area contributed by atoms with E-state index in [1.54, 1.807) is 0 Å². The van der Waals surface area contributed by atoms with Crippen LogP contribution in [0.15, 0.2) is 116 Å². The number of aromatic amines is 1. The first-order chi connectivity index (χ1) is 22.4. The second kappa shape index (κ2) is 12.2. The van der Waals surface area contributed by atoms with E-state index < -0.39 is 0 Å². The number of hydrogen-bond acceptors (Lipinski definition) is 3. The first-order valence-electron chi connectivity index (χ1n) is 15.6. The number of aromatic nitrogens is 2. The Morgan fingerprint density at radius 1 is 0.870 bits per heavy atom. The Bertz CT molecular complexity index is 2070. The third kappa shape index (κ3) is 5.61. The topological polar surface area (TPSA) is 73.4 Å². The van der Waals surface area contributed by atoms with E-state index in [1.807, 2.05) is 108 Å². The maximum Gasteiger partial charge on any atom is 0.257 e. The smallest absolute Gasteiger partial charge is 0.257 e. The molecule has 6 aromatic rings. The molecule has 2 amide bonds. The van der Waals surface area contributed by atoms with Crippen LogP contribution in [-0.4, -0.2) is 57.8 Å². The van der Waals surface area contributed by atoms with Crippen LogP contribution in [0.4, 0.5) is 5.69 Å². The molecule has 0 radical (unpaired) electrons. The SMILES string of the molecule is Cc1cc(C(=O)Nc2ccc3[nH]ccc3c2)cn1-c1ccccc1-c1ccccc1C(=O)N1Cc2ccccc2C[C@H]1CN(C)C. The van der Waals surface area contributed by atoms with Crippen LogP contribution >= 0.6 is 0 Å². The largest absolute Gasteiger partial charge is 0.361 e. The van der Waals surface area contributed by atoms with Crippen LogP contribution < -0.4 is 5.32 Å². The monoisotopic (exact) mass is 607 g/mol. The molecule has 1 atom stereocenters. The molecule has 7 rings (SSSR count). The van der Waals surface area contributed by atoms with Gasteiger partial charge in [0.05, 0.1) is 11.3 Å². The van der Waals surface area contributed by atoms with Crippen LogP contribution in [0, 0.1) is 6.92 Å². The van der Waals surface area contributed by atoms with Crippen molar-refractivity contribution in [1.29, 1.82) is 0 Å². The fraction of sp³-hybridized carbons (Fsp3) is 0.179. The molecule has 0 saturated heterocycles. The second-order valence-corrected chi connectivity index (χ2v) is 12.4. The first-order valence-corrected chi connectivity index (χ1v) is 15.6. The van der Waals surface area contributed by atoms with E-state index in [4.69, 9.17) is 0 Å². The molecule has 0 bridgehead atoms. The Labute approximate surface area is 269 Å². The molecular weight excluding hydrogens is 570 g/mol. The second-order valence-electron chi connectivity index (χ2n) is 12.4. The van der Waals surface area contributed by atoms with Crippen molar-refractivity contribution in [3.8, 4) is 16.8 Å². The summed E-state index contributed by atoms with van der Waals surface area (Å²) in [4.78, 5) is 35.2. The van der Waals surface area contributed by atoms with Crippen molar-refractivity contribution in [3.05, 3.63) is 143 Å². The molecule has 2 N–H and O–H groups in total. The van der Waals surface area contributed by atoms with Gasteiger partial charge < -0.3 is 24.7 Å². The summed E-state index contributed by atoms with van der Waals surface area (Å²) < 4.78 is 2.03. The van der Waals surface area contributed by atoms with Gasteiger partial charge in [-0.05, 0) is 86.6 Å². The molecular formula is C39H37N5O2. The first kappa shape index (κ1) is 29.3. The van der Waals surface area contributed by atoms with Gasteiger partial charge in [0, 0.05) is 64.9 Å². The standard InChI is InChI=1S/C39H37N5O2/c1-26-20-30(38(45)41-31-16-17-36-28(21-31)18-19-40-36)24-43(26)37-15-9-8-13-34(37)33-12-6-7-14-35(33)39(46)44-23-29-11-5-4-10-27(29)22-32(44)25-42(2)3/h4-21,24,32,40H,22-23,25H2,1-3H3,(H,41,45)/t32-/m0/s1. The summed E-state index contributed by atoms with van der Waals surface area (Å²) in [5.41, 5.74) is 9.11. The molecule has 3 heterocycles. The lowest BCUT2D eigenvalue weighted by Gasteiger charge is -2.38. The van der Waals surface area contributed by atoms with Crippen molar-refractivity contribution in [1.82, 2.24) is 19.4 Å². The third-order valence-corrected chi connectivity index (χ3v) is 8.89. The molecule has 230 valence electrons. The van der Waals surface area contributed by atoms with Gasteiger partial charge in [-0.1, -0.05) is 60.7 Å². The summed E-state index contributed by atoms with van der Waals surface area (Å²) in [6, 6.07) is 34.1. The van der Waals surface area contributed by atoms with Crippen molar-refractivity contribution in [2.75, 3.05) is 26.0 Å². The molecule has 0 spiro atoms. The molecule has 0 unspecified atom stereocenters. The minimum atomic E-state index is -0.179. The van der Waals surface area contributed by atoms with Gasteiger partial charge in [0.1, 0.15) is 0 Å². The van der Waals surface area contributed by atoms with Gasteiger partial charge in [-0.2, -0.15) is 0 Å². The summed E-state index contributed by atoms with van der Waals surface area (Å²) >= 11 is 0. The fourth-order valence-electron chi connectivity index (χ4n) is 6.67. The molecule has 0 aliphatic carbocycles. The number of H-pyrrole nitrogens is 1. The average molecular weight is 608 g/mol. The Morgan fingerprint density at radius 2 is 1.61 bits per heavy atom. The fourth-order valence-corrected chi connectivity index (χ4v) is 6.67. The van der Waals surface area contributed by atoms with E-state index in [0.717, 1.165) is 52.1 Å². The predicted molar refractivity (Wildman–Crippen MR) is 185 cm³/mol. The minimum absolute atomic E-state index is 0.0236. The van der Waals surface area contributed by atoms with E-state index in [2.05, 4.69) is 53.6 Å². The summed E-state index contributed by atoms with van der Waals surface area (Å²) in [6.07, 6.45) is 4.58. The summed E-state index contributed by atoms with van der Waals surface area (Å²) in [7, 11) is 4.11. The maximum absolute atomic E-state index is 14.5. The molecule has 0 fully saturated rings. The highest BCUT2D eigenvalue weighted by molar-refractivity contribution is 6.05. The van der Waals surface area contributed by atoms with Crippen molar-refractivity contribution >= 4 is 28.4 Å². The molecule has 46 heavy (non-hydrogen) atoms. The maximum atomic E-state index is 14.5. The number of nitrogens with zero attached hydrogens (tertiary/aromatic N) is 3. The lowest BCUT2D eigenvalue weighted by Crippen LogP contribution is -2.49. The van der Waals surface area contributed by atoms with E-state index >= 15 is 0 Å². The number of anilines is 1. The van der Waals surface area contributed by atoms with Gasteiger partial charge in [0.25, 0.3) is 11.8 Å². The predicted octanol–water partition coefficient (Wildman–Crippen LogP) is 7.32. The van der Waals surface area contributed by atoms with Crippen LogP contribution in [0.25, 0.3) is 27.7 Å². The number of hydrogen-bond donors (Lipinski definition) is 2. The highest BCUT2D eigenvalue weighted by Crippen LogP contribution is 2.34. The quantitative estimate of drug-likeness (QED) is 0.200. The Balaban J connectivity index is 1.22. The van der Waals surface area contributed by atoms with Gasteiger partial charge in [0.15, 0.2) is 0 Å². The molecule has 7 heteroatoms. The number of fused-ring (bicyclic) bond motifs is 2. The van der Waals surface area contributed by atoms with Crippen LogP contribution in [0.5, 0.6) is 0 Å². The third-order valence-electron chi connectivity index (χ3n) is 8.89. The van der Waals surface area contributed by atoms with Gasteiger partial charge >= 0.3 is 0 Å². The number of rotatable bonds is 7. The number of amides is 2. The van der Waals surface area contributed by atoms with Crippen LogP contribution in [0.1, 0.15) is 37.5 Å². The molecule has 1 aliphatic rings. The number of carbonyl (C=O) groups excluding carboxylic acids is 2. The zero-order valence-electron chi connectivity index (χ0n) is 26.3. The van der Waals surface area contributed by atoms with Gasteiger partial charge in [0.2, 0.25) is 0 Å². The summed E-state index contributed by atoms with van der Waals surface area (Å²) in [5.74, 6) is -0.155. The normalized spacial score (nSPS) is 14.4. The lowest BCUT2D eigenvalue weighted by molar-refractivity contribution is 0.0607. The number of benzene rings is 4. The highest BCUT2D eigenvalue weighted by atomic mass is 16.2. The molecule has 7 nitrogen and oxygen atoms in total. The number of nitrogens with one attached hydrogen (secondary N) is 2. The summed E-state index contributed by atoms with van der Waals surface area (Å²) in [6.45, 7) is 3.36. The van der Waals surface area contributed by atoms with E-state index in [9.17, 15) is 9.59 Å². The van der Waals surface area contributed by atoms with Gasteiger partial charge in [-0.3, -0.25) is 9.59 Å². The lowest BCUT2D eigenvalue weighted by atomic mass is 9.91. The van der Waals surface area contributed by atoms with Gasteiger partial charge in [-0.25, -0.2) is 0 Å². The minimum Gasteiger partial charge on any atom is -0.361 e. The average Bonchev–Trinajstić information content (AvgIpc) is 3.70. The van der Waals surface area contributed by atoms with Crippen LogP contribution in [0.3, 0.4) is 0 Å². The highest BCUT2D eigenvalue weighted by Gasteiger charge is 2.32. The molecule has 0 saturated carbocycles. The molecule has 2 aromatic heterocycles. The van der Waals surface area contributed by atoms with E-state index in [-0.39, 0.29) is 17.9 Å². The number of carbonyl (C=O) groups is 2. The molecule has 4 aromatic carbocycles. The zero-order chi connectivity index (χ0) is 31.8. The Kier molecular flexibility index (Phi) is 7.76. The Hall–Kier alpha value is -5.40. The zero-order valence-corrected chi connectivity index (χ0v) is 26.3. The van der Waals surface area contributed by atoms with Crippen molar-refractivity contribution in [3.63, 3.8) is 0 Å². The van der Waals surface area contributed by atoms with Crippen LogP contribution in [-0.2, 0) is 13.0 Å². The Morgan fingerprint density at radius 3 is 2.43 bits per heavy atom. The summed E-state index contributed by atoms with van der Waals surface area (Å²) in [5, 5.41) is 4.08. The van der Waals surface area contributed by atoms with Crippen molar-refractivity contribution in [2.45, 2.75) is 25.9 Å². The molecule has 1 aliphatic heterocycles. The number of likely N-dealkylation sites (N-methyl/N-ethyl adjacent to an activating group) is 1.